The molecule has 3 heteroatoms. The lowest BCUT2D eigenvalue weighted by Gasteiger charge is -2.15. The van der Waals surface area contributed by atoms with Crippen LogP contribution in [-0.2, 0) is 17.6 Å². The molecule has 0 aromatic heterocycles. The Morgan fingerprint density at radius 2 is 1.65 bits per heavy atom. The summed E-state index contributed by atoms with van der Waals surface area (Å²) in [6.45, 7) is 6.97. The predicted molar refractivity (Wildman–Crippen MR) is 98.1 cm³/mol. The van der Waals surface area contributed by atoms with Gasteiger partial charge in [-0.05, 0) is 48.6 Å². The summed E-state index contributed by atoms with van der Waals surface area (Å²) in [5.41, 5.74) is 5.82. The zero-order chi connectivity index (χ0) is 16.7. The van der Waals surface area contributed by atoms with Crippen LogP contribution in [0.4, 0.5) is 11.4 Å². The first-order valence-electron chi connectivity index (χ1n) is 8.35. The molecule has 0 bridgehead atoms. The molecule has 2 aromatic carbocycles. The lowest BCUT2D eigenvalue weighted by Crippen LogP contribution is -2.17. The van der Waals surface area contributed by atoms with Crippen LogP contribution in [0, 0.1) is 6.92 Å². The van der Waals surface area contributed by atoms with E-state index in [0.29, 0.717) is 13.0 Å². The van der Waals surface area contributed by atoms with Crippen LogP contribution in [0.15, 0.2) is 42.5 Å². The highest BCUT2D eigenvalue weighted by Crippen LogP contribution is 2.22. The van der Waals surface area contributed by atoms with Gasteiger partial charge in [-0.2, -0.15) is 0 Å². The summed E-state index contributed by atoms with van der Waals surface area (Å²) in [5, 5.41) is 6.40. The van der Waals surface area contributed by atoms with E-state index in [1.165, 1.54) is 16.8 Å². The number of hydrogen-bond acceptors (Lipinski definition) is 2. The van der Waals surface area contributed by atoms with E-state index in [0.717, 1.165) is 24.1 Å². The third-order valence-corrected chi connectivity index (χ3v) is 3.95. The Balaban J connectivity index is 1.91. The van der Waals surface area contributed by atoms with Gasteiger partial charge in [-0.1, -0.05) is 44.2 Å². The summed E-state index contributed by atoms with van der Waals surface area (Å²) >= 11 is 0. The van der Waals surface area contributed by atoms with Crippen molar-refractivity contribution in [2.24, 2.45) is 0 Å². The van der Waals surface area contributed by atoms with Crippen molar-refractivity contribution >= 4 is 17.3 Å². The number of para-hydroxylation sites is 1. The molecule has 0 saturated carbocycles. The number of anilines is 2. The third-order valence-electron chi connectivity index (χ3n) is 3.95. The largest absolute Gasteiger partial charge is 0.384 e. The van der Waals surface area contributed by atoms with Crippen LogP contribution in [0.25, 0.3) is 0 Å². The Hall–Kier alpha value is -2.29. The van der Waals surface area contributed by atoms with Crippen molar-refractivity contribution in [2.75, 3.05) is 17.2 Å². The SMILES string of the molecule is CCc1cccc(CC)c1NCCC(=O)Nc1cccc(C)c1. The van der Waals surface area contributed by atoms with Crippen LogP contribution in [0.3, 0.4) is 0 Å². The molecular weight excluding hydrogens is 284 g/mol. The quantitative estimate of drug-likeness (QED) is 0.787. The number of rotatable bonds is 7. The normalized spacial score (nSPS) is 10.4. The molecular formula is C20H26N2O. The zero-order valence-corrected chi connectivity index (χ0v) is 14.3. The van der Waals surface area contributed by atoms with Gasteiger partial charge in [-0.25, -0.2) is 0 Å². The molecule has 122 valence electrons. The second-order valence-corrected chi connectivity index (χ2v) is 5.75. The highest BCUT2D eigenvalue weighted by Gasteiger charge is 2.07. The minimum absolute atomic E-state index is 0.0372. The molecule has 0 aliphatic carbocycles. The van der Waals surface area contributed by atoms with Crippen molar-refractivity contribution in [1.29, 1.82) is 0 Å². The van der Waals surface area contributed by atoms with Crippen molar-refractivity contribution in [3.63, 3.8) is 0 Å². The predicted octanol–water partition coefficient (Wildman–Crippen LogP) is 4.56. The third kappa shape index (κ3) is 4.85. The van der Waals surface area contributed by atoms with Crippen LogP contribution in [0.1, 0.15) is 37.0 Å². The zero-order valence-electron chi connectivity index (χ0n) is 14.3. The number of aryl methyl sites for hydroxylation is 3. The van der Waals surface area contributed by atoms with E-state index in [4.69, 9.17) is 0 Å². The highest BCUT2D eigenvalue weighted by atomic mass is 16.1. The standard InChI is InChI=1S/C20H26N2O/c1-4-16-9-7-10-17(5-2)20(16)21-13-12-19(23)22-18-11-6-8-15(3)14-18/h6-11,14,21H,4-5,12-13H2,1-3H3,(H,22,23). The molecule has 0 aliphatic heterocycles. The average Bonchev–Trinajstić information content (AvgIpc) is 2.54. The summed E-state index contributed by atoms with van der Waals surface area (Å²) in [5.74, 6) is 0.0372. The molecule has 3 nitrogen and oxygen atoms in total. The van der Waals surface area contributed by atoms with Crippen molar-refractivity contribution in [3.8, 4) is 0 Å². The van der Waals surface area contributed by atoms with Crippen LogP contribution in [-0.4, -0.2) is 12.5 Å². The fraction of sp³-hybridized carbons (Fsp3) is 0.350. The van der Waals surface area contributed by atoms with Gasteiger partial charge in [0.25, 0.3) is 0 Å². The number of amides is 1. The molecule has 2 N–H and O–H groups in total. The lowest BCUT2D eigenvalue weighted by molar-refractivity contribution is -0.115. The molecule has 23 heavy (non-hydrogen) atoms. The number of carbonyl (C=O) groups excluding carboxylic acids is 1. The van der Waals surface area contributed by atoms with Gasteiger partial charge in [0.1, 0.15) is 0 Å². The topological polar surface area (TPSA) is 41.1 Å². The van der Waals surface area contributed by atoms with Gasteiger partial charge in [0.05, 0.1) is 0 Å². The summed E-state index contributed by atoms with van der Waals surface area (Å²) in [7, 11) is 0. The van der Waals surface area contributed by atoms with Crippen molar-refractivity contribution in [1.82, 2.24) is 0 Å². The highest BCUT2D eigenvalue weighted by molar-refractivity contribution is 5.91. The van der Waals surface area contributed by atoms with Crippen LogP contribution < -0.4 is 10.6 Å². The Morgan fingerprint density at radius 3 is 2.26 bits per heavy atom. The molecule has 0 heterocycles. The summed E-state index contributed by atoms with van der Waals surface area (Å²) < 4.78 is 0. The molecule has 0 saturated heterocycles. The second kappa shape index (κ2) is 8.37. The van der Waals surface area contributed by atoms with E-state index in [1.54, 1.807) is 0 Å². The maximum Gasteiger partial charge on any atom is 0.226 e. The first kappa shape index (κ1) is 17.1. The maximum atomic E-state index is 12.1. The maximum absolute atomic E-state index is 12.1. The summed E-state index contributed by atoms with van der Waals surface area (Å²) in [6, 6.07) is 14.3. The minimum Gasteiger partial charge on any atom is -0.384 e. The molecule has 0 radical (unpaired) electrons. The number of nitrogens with one attached hydrogen (secondary N) is 2. The van der Waals surface area contributed by atoms with E-state index in [2.05, 4.69) is 42.7 Å². The van der Waals surface area contributed by atoms with Gasteiger partial charge in [0.2, 0.25) is 5.91 Å². The van der Waals surface area contributed by atoms with Crippen molar-refractivity contribution < 1.29 is 4.79 Å². The number of carbonyl (C=O) groups is 1. The van der Waals surface area contributed by atoms with Gasteiger partial charge in [-0.3, -0.25) is 4.79 Å². The fourth-order valence-electron chi connectivity index (χ4n) is 2.72. The van der Waals surface area contributed by atoms with Gasteiger partial charge in [0.15, 0.2) is 0 Å². The van der Waals surface area contributed by atoms with E-state index in [9.17, 15) is 4.79 Å². The van der Waals surface area contributed by atoms with E-state index in [-0.39, 0.29) is 5.91 Å². The molecule has 0 atom stereocenters. The van der Waals surface area contributed by atoms with Gasteiger partial charge >= 0.3 is 0 Å². The Labute approximate surface area is 139 Å². The van der Waals surface area contributed by atoms with Crippen molar-refractivity contribution in [3.05, 3.63) is 59.2 Å². The molecule has 1 amide bonds. The summed E-state index contributed by atoms with van der Waals surface area (Å²) in [4.78, 5) is 12.1. The Kier molecular flexibility index (Phi) is 6.21. The Morgan fingerprint density at radius 1 is 1.00 bits per heavy atom. The smallest absolute Gasteiger partial charge is 0.226 e. The van der Waals surface area contributed by atoms with Crippen molar-refractivity contribution in [2.45, 2.75) is 40.0 Å². The first-order valence-corrected chi connectivity index (χ1v) is 8.35. The molecule has 0 aliphatic rings. The first-order chi connectivity index (χ1) is 11.1. The number of benzene rings is 2. The van der Waals surface area contributed by atoms with E-state index >= 15 is 0 Å². The lowest BCUT2D eigenvalue weighted by atomic mass is 10.0. The van der Waals surface area contributed by atoms with E-state index in [1.807, 2.05) is 31.2 Å². The molecule has 0 spiro atoms. The van der Waals surface area contributed by atoms with E-state index < -0.39 is 0 Å². The second-order valence-electron chi connectivity index (χ2n) is 5.75. The van der Waals surface area contributed by atoms with Gasteiger partial charge < -0.3 is 10.6 Å². The molecule has 2 aromatic rings. The van der Waals surface area contributed by atoms with Gasteiger partial charge in [0, 0.05) is 24.3 Å². The molecule has 2 rings (SSSR count). The summed E-state index contributed by atoms with van der Waals surface area (Å²) in [6.07, 6.45) is 2.44. The molecule has 0 unspecified atom stereocenters. The van der Waals surface area contributed by atoms with Gasteiger partial charge in [-0.15, -0.1) is 0 Å². The average molecular weight is 310 g/mol. The fourth-order valence-corrected chi connectivity index (χ4v) is 2.72. The van der Waals surface area contributed by atoms with Crippen LogP contribution >= 0.6 is 0 Å². The number of hydrogen-bond donors (Lipinski definition) is 2. The Bertz CT molecular complexity index is 642. The molecule has 0 fully saturated rings. The monoisotopic (exact) mass is 310 g/mol. The van der Waals surface area contributed by atoms with Crippen LogP contribution in [0.5, 0.6) is 0 Å². The van der Waals surface area contributed by atoms with Crippen LogP contribution in [0.2, 0.25) is 0 Å². The minimum atomic E-state index is 0.0372.